The minimum atomic E-state index is -0.356. The molecule has 14 heavy (non-hydrogen) atoms. The fourth-order valence-corrected chi connectivity index (χ4v) is 0.971. The Kier molecular flexibility index (Phi) is 3.70. The van der Waals surface area contributed by atoms with Crippen LogP contribution >= 0.6 is 0 Å². The van der Waals surface area contributed by atoms with E-state index in [4.69, 9.17) is 0 Å². The van der Waals surface area contributed by atoms with Crippen molar-refractivity contribution < 1.29 is 4.79 Å². The SMILES string of the molecule is CCN=[N+]=NC(=O)c1cccc(C)c1. The molecule has 0 N–H and O–H groups in total. The fraction of sp³-hybridized carbons (Fsp3) is 0.300. The molecule has 0 bridgehead atoms. The van der Waals surface area contributed by atoms with E-state index >= 15 is 0 Å². The van der Waals surface area contributed by atoms with Crippen LogP contribution in [0.5, 0.6) is 0 Å². The molecule has 0 aliphatic heterocycles. The molecule has 0 aliphatic rings. The van der Waals surface area contributed by atoms with Crippen molar-refractivity contribution in [1.29, 1.82) is 0 Å². The highest BCUT2D eigenvalue weighted by atomic mass is 16.1. The van der Waals surface area contributed by atoms with Crippen LogP contribution in [0, 0.1) is 6.92 Å². The molecule has 1 rings (SSSR count). The maximum Gasteiger partial charge on any atom is 0.360 e. The Morgan fingerprint density at radius 2 is 2.29 bits per heavy atom. The third-order valence-electron chi connectivity index (χ3n) is 1.61. The quantitative estimate of drug-likeness (QED) is 0.520. The maximum absolute atomic E-state index is 11.4. The first kappa shape index (κ1) is 10.3. The van der Waals surface area contributed by atoms with Gasteiger partial charge in [0, 0.05) is 5.56 Å². The van der Waals surface area contributed by atoms with Crippen LogP contribution in [0.15, 0.2) is 34.5 Å². The van der Waals surface area contributed by atoms with Gasteiger partial charge in [-0.25, -0.2) is 0 Å². The Balaban J connectivity index is 2.85. The molecule has 4 heteroatoms. The van der Waals surface area contributed by atoms with Gasteiger partial charge in [0.25, 0.3) is 0 Å². The average Bonchev–Trinajstić information content (AvgIpc) is 2.18. The number of carbonyl (C=O) groups is 1. The van der Waals surface area contributed by atoms with E-state index in [0.29, 0.717) is 12.1 Å². The van der Waals surface area contributed by atoms with Crippen molar-refractivity contribution in [2.75, 3.05) is 6.54 Å². The largest absolute Gasteiger partial charge is 0.360 e. The van der Waals surface area contributed by atoms with Gasteiger partial charge in [0.1, 0.15) is 11.7 Å². The summed E-state index contributed by atoms with van der Waals surface area (Å²) in [7, 11) is 0. The van der Waals surface area contributed by atoms with Gasteiger partial charge in [0.2, 0.25) is 10.0 Å². The van der Waals surface area contributed by atoms with Crippen LogP contribution in [0.3, 0.4) is 0 Å². The first-order valence-electron chi connectivity index (χ1n) is 4.42. The van der Waals surface area contributed by atoms with E-state index < -0.39 is 0 Å². The van der Waals surface area contributed by atoms with Crippen molar-refractivity contribution >= 4 is 5.91 Å². The zero-order valence-corrected chi connectivity index (χ0v) is 8.27. The Hall–Kier alpha value is -1.80. The topological polar surface area (TPSA) is 55.9 Å². The third-order valence-corrected chi connectivity index (χ3v) is 1.61. The maximum atomic E-state index is 11.4. The molecule has 0 aliphatic carbocycles. The molecule has 1 aromatic rings. The summed E-state index contributed by atoms with van der Waals surface area (Å²) < 4.78 is 0. The van der Waals surface area contributed by atoms with Gasteiger partial charge in [-0.2, -0.15) is 0 Å². The fourth-order valence-electron chi connectivity index (χ4n) is 0.971. The summed E-state index contributed by atoms with van der Waals surface area (Å²) in [6.45, 7) is 4.28. The van der Waals surface area contributed by atoms with E-state index in [-0.39, 0.29) is 5.91 Å². The average molecular weight is 190 g/mol. The summed E-state index contributed by atoms with van der Waals surface area (Å²) in [5.74, 6) is -0.356. The second-order valence-corrected chi connectivity index (χ2v) is 2.82. The van der Waals surface area contributed by atoms with E-state index in [1.165, 1.54) is 0 Å². The van der Waals surface area contributed by atoms with E-state index in [0.717, 1.165) is 5.56 Å². The van der Waals surface area contributed by atoms with Gasteiger partial charge < -0.3 is 0 Å². The first-order valence-corrected chi connectivity index (χ1v) is 4.42. The van der Waals surface area contributed by atoms with Crippen LogP contribution < -0.4 is 4.91 Å². The van der Waals surface area contributed by atoms with Crippen molar-refractivity contribution in [3.8, 4) is 0 Å². The molecule has 0 saturated carbocycles. The Morgan fingerprint density at radius 3 is 2.93 bits per heavy atom. The predicted octanol–water partition coefficient (Wildman–Crippen LogP) is 2.13. The number of nitrogens with zero attached hydrogens (tertiary/aromatic N) is 3. The molecule has 1 aromatic carbocycles. The number of carbonyl (C=O) groups excluding carboxylic acids is 1. The van der Waals surface area contributed by atoms with Gasteiger partial charge >= 0.3 is 5.91 Å². The summed E-state index contributed by atoms with van der Waals surface area (Å²) in [4.78, 5) is 14.7. The summed E-state index contributed by atoms with van der Waals surface area (Å²) in [6, 6.07) is 7.22. The van der Waals surface area contributed by atoms with Crippen LogP contribution in [-0.4, -0.2) is 12.5 Å². The van der Waals surface area contributed by atoms with Gasteiger partial charge in [0.15, 0.2) is 0 Å². The molecule has 0 spiro atoms. The van der Waals surface area contributed by atoms with Gasteiger partial charge in [-0.3, -0.25) is 4.79 Å². The molecular weight excluding hydrogens is 178 g/mol. The van der Waals surface area contributed by atoms with E-state index in [9.17, 15) is 4.79 Å². The lowest BCUT2D eigenvalue weighted by molar-refractivity contribution is 0.0992. The van der Waals surface area contributed by atoms with Crippen molar-refractivity contribution in [3.63, 3.8) is 0 Å². The summed E-state index contributed by atoms with van der Waals surface area (Å²) in [5.41, 5.74) is 1.57. The molecular formula is C10H12N3O+. The molecule has 0 heterocycles. The van der Waals surface area contributed by atoms with Gasteiger partial charge in [-0.15, -0.1) is 0 Å². The molecule has 0 atom stereocenters. The predicted molar refractivity (Wildman–Crippen MR) is 53.0 cm³/mol. The summed E-state index contributed by atoms with van der Waals surface area (Å²) in [6.07, 6.45) is 0. The molecule has 0 unspecified atom stereocenters. The van der Waals surface area contributed by atoms with Crippen LogP contribution in [-0.2, 0) is 0 Å². The lowest BCUT2D eigenvalue weighted by Crippen LogP contribution is -1.94. The molecule has 0 saturated heterocycles. The Bertz CT molecular complexity index is 392. The Labute approximate surface area is 82.4 Å². The third kappa shape index (κ3) is 2.92. The van der Waals surface area contributed by atoms with Crippen LogP contribution in [0.1, 0.15) is 22.8 Å². The highest BCUT2D eigenvalue weighted by Gasteiger charge is 2.08. The lowest BCUT2D eigenvalue weighted by atomic mass is 10.1. The standard InChI is InChI=1S/C10H12N3O/c1-3-11-13-12-10(14)9-6-4-5-8(2)7-9/h4-7H,3H2,1-2H3/q+1. The number of hydrogen-bond acceptors (Lipinski definition) is 2. The van der Waals surface area contributed by atoms with Gasteiger partial charge in [0.05, 0.1) is 0 Å². The second-order valence-electron chi connectivity index (χ2n) is 2.82. The number of aryl methyl sites for hydroxylation is 1. The van der Waals surface area contributed by atoms with Crippen molar-refractivity contribution in [3.05, 3.63) is 35.4 Å². The van der Waals surface area contributed by atoms with Gasteiger partial charge in [-0.05, 0) is 26.0 Å². The van der Waals surface area contributed by atoms with Gasteiger partial charge in [-0.1, -0.05) is 17.7 Å². The molecule has 0 radical (unpaired) electrons. The normalized spacial score (nSPS) is 9.00. The highest BCUT2D eigenvalue weighted by molar-refractivity contribution is 5.94. The molecule has 1 amide bonds. The lowest BCUT2D eigenvalue weighted by Gasteiger charge is -1.91. The van der Waals surface area contributed by atoms with Crippen LogP contribution in [0.4, 0.5) is 0 Å². The first-order chi connectivity index (χ1) is 6.74. The number of benzene rings is 1. The molecule has 0 aromatic heterocycles. The van der Waals surface area contributed by atoms with Crippen molar-refractivity contribution in [2.24, 2.45) is 10.2 Å². The number of rotatable bonds is 2. The number of amides is 1. The summed E-state index contributed by atoms with van der Waals surface area (Å²) >= 11 is 0. The van der Waals surface area contributed by atoms with Crippen LogP contribution in [0.25, 0.3) is 0 Å². The van der Waals surface area contributed by atoms with E-state index in [1.54, 1.807) is 12.1 Å². The van der Waals surface area contributed by atoms with Crippen LogP contribution in [0.2, 0.25) is 0 Å². The monoisotopic (exact) mass is 190 g/mol. The van der Waals surface area contributed by atoms with Crippen molar-refractivity contribution in [1.82, 2.24) is 4.91 Å². The highest BCUT2D eigenvalue weighted by Crippen LogP contribution is 2.04. The second kappa shape index (κ2) is 5.04. The Morgan fingerprint density at radius 1 is 1.50 bits per heavy atom. The van der Waals surface area contributed by atoms with Crippen molar-refractivity contribution in [2.45, 2.75) is 13.8 Å². The molecule has 0 fully saturated rings. The zero-order chi connectivity index (χ0) is 10.4. The minimum absolute atomic E-state index is 0.356. The molecule has 4 nitrogen and oxygen atoms in total. The number of hydrogen-bond donors (Lipinski definition) is 0. The van der Waals surface area contributed by atoms with E-state index in [1.807, 2.05) is 26.0 Å². The minimum Gasteiger partial charge on any atom is -0.259 e. The smallest absolute Gasteiger partial charge is 0.259 e. The molecule has 72 valence electrons. The van der Waals surface area contributed by atoms with E-state index in [2.05, 4.69) is 15.1 Å². The zero-order valence-electron chi connectivity index (χ0n) is 8.27. The summed E-state index contributed by atoms with van der Waals surface area (Å²) in [5, 5.41) is 7.04.